The minimum absolute atomic E-state index is 0.0582. The van der Waals surface area contributed by atoms with E-state index < -0.39 is 5.82 Å². The molecule has 2 amide bonds. The van der Waals surface area contributed by atoms with E-state index in [1.807, 2.05) is 6.92 Å². The van der Waals surface area contributed by atoms with E-state index in [1.54, 1.807) is 17.0 Å². The van der Waals surface area contributed by atoms with Gasteiger partial charge in [-0.2, -0.15) is 0 Å². The molecule has 0 aliphatic carbocycles. The van der Waals surface area contributed by atoms with Gasteiger partial charge in [-0.25, -0.2) is 4.39 Å². The number of hydrogen-bond donors (Lipinski definition) is 2. The van der Waals surface area contributed by atoms with Crippen molar-refractivity contribution in [2.45, 2.75) is 25.8 Å². The minimum Gasteiger partial charge on any atom is -0.369 e. The summed E-state index contributed by atoms with van der Waals surface area (Å²) in [5.74, 6) is -1.16. The van der Waals surface area contributed by atoms with Gasteiger partial charge in [0.2, 0.25) is 11.8 Å². The average molecular weight is 342 g/mol. The number of primary amides is 1. The first-order chi connectivity index (χ1) is 10.9. The topological polar surface area (TPSA) is 75.4 Å². The van der Waals surface area contributed by atoms with Crippen molar-refractivity contribution in [1.82, 2.24) is 10.2 Å². The maximum Gasteiger partial charge on any atom is 0.236 e. The van der Waals surface area contributed by atoms with Gasteiger partial charge < -0.3 is 16.0 Å². The first-order valence-electron chi connectivity index (χ1n) is 7.64. The lowest BCUT2D eigenvalue weighted by molar-refractivity contribution is -0.134. The quantitative estimate of drug-likeness (QED) is 0.858. The Balaban J connectivity index is 1.88. The van der Waals surface area contributed by atoms with Gasteiger partial charge in [0.25, 0.3) is 0 Å². The number of rotatable bonds is 5. The predicted octanol–water partition coefficient (Wildman–Crippen LogP) is 1.85. The molecule has 0 saturated carbocycles. The summed E-state index contributed by atoms with van der Waals surface area (Å²) in [6.45, 7) is 3.04. The summed E-state index contributed by atoms with van der Waals surface area (Å²) < 4.78 is 13.2. The molecule has 1 saturated heterocycles. The molecular weight excluding hydrogens is 321 g/mol. The van der Waals surface area contributed by atoms with Crippen LogP contribution < -0.4 is 11.1 Å². The van der Waals surface area contributed by atoms with Gasteiger partial charge in [0.05, 0.1) is 17.5 Å². The SMILES string of the molecule is C[C@@H](NCC(=O)N1CCC[C@H](C(N)=O)C1)c1ccc(F)c(Cl)c1. The third kappa shape index (κ3) is 4.65. The molecule has 0 bridgehead atoms. The summed E-state index contributed by atoms with van der Waals surface area (Å²) in [4.78, 5) is 25.2. The van der Waals surface area contributed by atoms with Crippen molar-refractivity contribution in [3.63, 3.8) is 0 Å². The number of amides is 2. The van der Waals surface area contributed by atoms with Crippen molar-refractivity contribution in [3.8, 4) is 0 Å². The molecule has 7 heteroatoms. The summed E-state index contributed by atoms with van der Waals surface area (Å²) in [7, 11) is 0. The normalized spacial score (nSPS) is 19.4. The summed E-state index contributed by atoms with van der Waals surface area (Å²) in [5, 5.41) is 3.16. The summed E-state index contributed by atoms with van der Waals surface area (Å²) >= 11 is 5.77. The fourth-order valence-corrected chi connectivity index (χ4v) is 2.88. The van der Waals surface area contributed by atoms with Crippen LogP contribution >= 0.6 is 11.6 Å². The van der Waals surface area contributed by atoms with Gasteiger partial charge in [-0.1, -0.05) is 17.7 Å². The molecule has 1 aliphatic rings. The first kappa shape index (κ1) is 17.7. The Labute approximate surface area is 140 Å². The maximum absolute atomic E-state index is 13.2. The number of halogens is 2. The highest BCUT2D eigenvalue weighted by atomic mass is 35.5. The maximum atomic E-state index is 13.2. The third-order valence-corrected chi connectivity index (χ3v) is 4.47. The molecule has 0 aromatic heterocycles. The second-order valence-corrected chi connectivity index (χ2v) is 6.26. The van der Waals surface area contributed by atoms with E-state index >= 15 is 0 Å². The summed E-state index contributed by atoms with van der Waals surface area (Å²) in [6.07, 6.45) is 1.51. The number of benzene rings is 1. The van der Waals surface area contributed by atoms with Crippen molar-refractivity contribution in [2.24, 2.45) is 11.7 Å². The number of nitrogens with zero attached hydrogens (tertiary/aromatic N) is 1. The van der Waals surface area contributed by atoms with Gasteiger partial charge in [0, 0.05) is 19.1 Å². The summed E-state index contributed by atoms with van der Waals surface area (Å²) in [5.41, 5.74) is 6.12. The predicted molar refractivity (Wildman–Crippen MR) is 86.3 cm³/mol. The molecule has 0 spiro atoms. The molecule has 0 unspecified atom stereocenters. The fourth-order valence-electron chi connectivity index (χ4n) is 2.69. The smallest absolute Gasteiger partial charge is 0.236 e. The van der Waals surface area contributed by atoms with Gasteiger partial charge in [0.1, 0.15) is 5.82 Å². The number of hydrogen-bond acceptors (Lipinski definition) is 3. The van der Waals surface area contributed by atoms with Crippen LogP contribution in [0.3, 0.4) is 0 Å². The standard InChI is InChI=1S/C16H21ClFN3O2/c1-10(11-4-5-14(18)13(17)7-11)20-8-15(22)21-6-2-3-12(9-21)16(19)23/h4-5,7,10,12,20H,2-3,6,8-9H2,1H3,(H2,19,23)/t10-,12+/m1/s1. The number of carbonyl (C=O) groups is 2. The van der Waals surface area contributed by atoms with Crippen LogP contribution in [-0.4, -0.2) is 36.3 Å². The highest BCUT2D eigenvalue weighted by molar-refractivity contribution is 6.30. The van der Waals surface area contributed by atoms with E-state index in [2.05, 4.69) is 5.32 Å². The number of nitrogens with one attached hydrogen (secondary N) is 1. The molecule has 23 heavy (non-hydrogen) atoms. The van der Waals surface area contributed by atoms with Gasteiger partial charge in [-0.05, 0) is 37.5 Å². The molecule has 1 aliphatic heterocycles. The van der Waals surface area contributed by atoms with E-state index in [0.717, 1.165) is 18.4 Å². The minimum atomic E-state index is -0.468. The van der Waals surface area contributed by atoms with Crippen molar-refractivity contribution >= 4 is 23.4 Å². The molecule has 1 aromatic rings. The third-order valence-electron chi connectivity index (χ3n) is 4.18. The average Bonchev–Trinajstić information content (AvgIpc) is 2.54. The Bertz CT molecular complexity index is 597. The Kier molecular flexibility index (Phi) is 5.96. The second kappa shape index (κ2) is 7.75. The Morgan fingerprint density at radius 1 is 1.52 bits per heavy atom. The molecule has 3 N–H and O–H groups in total. The molecule has 2 rings (SSSR count). The fraction of sp³-hybridized carbons (Fsp3) is 0.500. The Morgan fingerprint density at radius 3 is 2.91 bits per heavy atom. The van der Waals surface area contributed by atoms with Crippen molar-refractivity contribution in [1.29, 1.82) is 0 Å². The van der Waals surface area contributed by atoms with Crippen LogP contribution in [0, 0.1) is 11.7 Å². The van der Waals surface area contributed by atoms with Crippen molar-refractivity contribution in [2.75, 3.05) is 19.6 Å². The van der Waals surface area contributed by atoms with Gasteiger partial charge in [-0.15, -0.1) is 0 Å². The van der Waals surface area contributed by atoms with Crippen LogP contribution in [0.25, 0.3) is 0 Å². The first-order valence-corrected chi connectivity index (χ1v) is 8.01. The van der Waals surface area contributed by atoms with Crippen LogP contribution in [0.1, 0.15) is 31.4 Å². The largest absolute Gasteiger partial charge is 0.369 e. The van der Waals surface area contributed by atoms with Crippen LogP contribution in [0.2, 0.25) is 5.02 Å². The molecular formula is C16H21ClFN3O2. The highest BCUT2D eigenvalue weighted by Crippen LogP contribution is 2.21. The lowest BCUT2D eigenvalue weighted by atomic mass is 9.97. The van der Waals surface area contributed by atoms with Gasteiger partial charge in [0.15, 0.2) is 0 Å². The van der Waals surface area contributed by atoms with Crippen molar-refractivity contribution < 1.29 is 14.0 Å². The molecule has 1 fully saturated rings. The van der Waals surface area contributed by atoms with Gasteiger partial charge in [-0.3, -0.25) is 9.59 Å². The van der Waals surface area contributed by atoms with Crippen LogP contribution in [0.5, 0.6) is 0 Å². The zero-order valence-electron chi connectivity index (χ0n) is 13.0. The molecule has 126 valence electrons. The summed E-state index contributed by atoms with van der Waals surface area (Å²) in [6, 6.07) is 4.34. The molecule has 2 atom stereocenters. The van der Waals surface area contributed by atoms with Crippen LogP contribution in [0.4, 0.5) is 4.39 Å². The van der Waals surface area contributed by atoms with E-state index in [-0.39, 0.29) is 35.3 Å². The molecule has 0 radical (unpaired) electrons. The Morgan fingerprint density at radius 2 is 2.26 bits per heavy atom. The number of piperidine rings is 1. The molecule has 5 nitrogen and oxygen atoms in total. The Hall–Kier alpha value is -1.66. The lowest BCUT2D eigenvalue weighted by Crippen LogP contribution is -2.47. The van der Waals surface area contributed by atoms with E-state index in [1.165, 1.54) is 6.07 Å². The van der Waals surface area contributed by atoms with E-state index in [4.69, 9.17) is 17.3 Å². The van der Waals surface area contributed by atoms with E-state index in [9.17, 15) is 14.0 Å². The molecule has 1 aromatic carbocycles. The van der Waals surface area contributed by atoms with Crippen molar-refractivity contribution in [3.05, 3.63) is 34.6 Å². The van der Waals surface area contributed by atoms with Crippen LogP contribution in [0.15, 0.2) is 18.2 Å². The van der Waals surface area contributed by atoms with Gasteiger partial charge >= 0.3 is 0 Å². The number of carbonyl (C=O) groups excluding carboxylic acids is 2. The second-order valence-electron chi connectivity index (χ2n) is 5.86. The number of nitrogens with two attached hydrogens (primary N) is 1. The zero-order chi connectivity index (χ0) is 17.0. The monoisotopic (exact) mass is 341 g/mol. The molecule has 1 heterocycles. The van der Waals surface area contributed by atoms with E-state index in [0.29, 0.717) is 13.1 Å². The lowest BCUT2D eigenvalue weighted by Gasteiger charge is -2.31. The van der Waals surface area contributed by atoms with Crippen LogP contribution in [-0.2, 0) is 9.59 Å². The number of likely N-dealkylation sites (tertiary alicyclic amines) is 1. The highest BCUT2D eigenvalue weighted by Gasteiger charge is 2.26. The zero-order valence-corrected chi connectivity index (χ0v) is 13.8.